The Morgan fingerprint density at radius 1 is 1.21 bits per heavy atom. The molecule has 0 radical (unpaired) electrons. The van der Waals surface area contributed by atoms with Gasteiger partial charge in [0.05, 0.1) is 6.42 Å². The van der Waals surface area contributed by atoms with Crippen molar-refractivity contribution in [2.24, 2.45) is 0 Å². The highest BCUT2D eigenvalue weighted by atomic mass is 19.4. The van der Waals surface area contributed by atoms with Gasteiger partial charge >= 0.3 is 24.0 Å². The fraction of sp³-hybridized carbons (Fsp3) is 0.500. The quantitative estimate of drug-likeness (QED) is 0.516. The summed E-state index contributed by atoms with van der Waals surface area (Å²) < 4.78 is 35.1. The summed E-state index contributed by atoms with van der Waals surface area (Å²) in [6.45, 7) is -0.833. The summed E-state index contributed by atoms with van der Waals surface area (Å²) in [4.78, 5) is 32.2. The fourth-order valence-electron chi connectivity index (χ4n) is 0.875. The van der Waals surface area contributed by atoms with Crippen LogP contribution in [0.5, 0.6) is 0 Å². The molecule has 8 heteroatoms. The molecule has 1 heterocycles. The summed E-state index contributed by atoms with van der Waals surface area (Å²) in [6, 6.07) is -1.11. The number of halogens is 3. The van der Waals surface area contributed by atoms with Crippen molar-refractivity contribution >= 4 is 17.8 Å². The average Bonchev–Trinajstić information content (AvgIpc) is 2.23. The molecule has 0 atom stereocenters. The van der Waals surface area contributed by atoms with E-state index in [0.29, 0.717) is 0 Å². The summed E-state index contributed by atoms with van der Waals surface area (Å²) >= 11 is 0. The molecule has 1 fully saturated rings. The molecule has 1 aliphatic heterocycles. The number of imide groups is 2. The third-order valence-corrected chi connectivity index (χ3v) is 1.52. The van der Waals surface area contributed by atoms with E-state index in [1.54, 1.807) is 5.32 Å². The Morgan fingerprint density at radius 2 is 1.79 bits per heavy atom. The number of urea groups is 1. The highest BCUT2D eigenvalue weighted by Gasteiger charge is 2.39. The molecular formula is C6H5F3N2O3. The second-order valence-electron chi connectivity index (χ2n) is 2.58. The van der Waals surface area contributed by atoms with Crippen LogP contribution in [0.1, 0.15) is 6.42 Å². The van der Waals surface area contributed by atoms with Gasteiger partial charge in [-0.2, -0.15) is 13.2 Å². The zero-order valence-corrected chi connectivity index (χ0v) is 6.72. The van der Waals surface area contributed by atoms with Crippen molar-refractivity contribution in [3.05, 3.63) is 0 Å². The standard InChI is InChI=1S/C6H5F3N2O3/c7-6(8,9)1-2-11-4(13)3(12)10-5(11)14/h1-2H2,(H,10,12,14). The predicted octanol–water partition coefficient (Wildman–Crippen LogP) is 0.0172. The van der Waals surface area contributed by atoms with Gasteiger partial charge in [-0.05, 0) is 0 Å². The van der Waals surface area contributed by atoms with Gasteiger partial charge in [-0.1, -0.05) is 0 Å². The van der Waals surface area contributed by atoms with Gasteiger partial charge < -0.3 is 0 Å². The second-order valence-corrected chi connectivity index (χ2v) is 2.58. The van der Waals surface area contributed by atoms with Crippen molar-refractivity contribution < 1.29 is 27.6 Å². The Labute approximate surface area is 75.8 Å². The maximum Gasteiger partial charge on any atom is 0.390 e. The van der Waals surface area contributed by atoms with E-state index < -0.39 is 37.0 Å². The van der Waals surface area contributed by atoms with Crippen LogP contribution in [0.4, 0.5) is 18.0 Å². The van der Waals surface area contributed by atoms with Crippen molar-refractivity contribution in [3.63, 3.8) is 0 Å². The van der Waals surface area contributed by atoms with Crippen molar-refractivity contribution in [2.75, 3.05) is 6.54 Å². The second kappa shape index (κ2) is 3.28. The van der Waals surface area contributed by atoms with E-state index in [1.807, 2.05) is 0 Å². The highest BCUT2D eigenvalue weighted by Crippen LogP contribution is 2.20. The van der Waals surface area contributed by atoms with Crippen LogP contribution < -0.4 is 5.32 Å². The number of carbonyl (C=O) groups is 3. The molecule has 0 spiro atoms. The number of alkyl halides is 3. The van der Waals surface area contributed by atoms with Crippen molar-refractivity contribution in [3.8, 4) is 0 Å². The molecule has 0 saturated carbocycles. The number of rotatable bonds is 2. The van der Waals surface area contributed by atoms with Gasteiger partial charge in [-0.3, -0.25) is 19.8 Å². The van der Waals surface area contributed by atoms with Crippen molar-refractivity contribution in [1.82, 2.24) is 10.2 Å². The number of nitrogens with zero attached hydrogens (tertiary/aromatic N) is 1. The summed E-state index contributed by atoms with van der Waals surface area (Å²) in [7, 11) is 0. The zero-order chi connectivity index (χ0) is 10.9. The average molecular weight is 210 g/mol. The zero-order valence-electron chi connectivity index (χ0n) is 6.72. The van der Waals surface area contributed by atoms with E-state index in [9.17, 15) is 27.6 Å². The maximum absolute atomic E-state index is 11.7. The lowest BCUT2D eigenvalue weighted by Gasteiger charge is -2.12. The monoisotopic (exact) mass is 210 g/mol. The Morgan fingerprint density at radius 3 is 2.14 bits per heavy atom. The molecule has 5 nitrogen and oxygen atoms in total. The van der Waals surface area contributed by atoms with Crippen LogP contribution >= 0.6 is 0 Å². The van der Waals surface area contributed by atoms with Gasteiger partial charge in [-0.25, -0.2) is 4.79 Å². The van der Waals surface area contributed by atoms with Crippen LogP contribution in [0.25, 0.3) is 0 Å². The topological polar surface area (TPSA) is 66.5 Å². The highest BCUT2D eigenvalue weighted by molar-refractivity contribution is 6.44. The largest absolute Gasteiger partial charge is 0.390 e. The minimum Gasteiger partial charge on any atom is -0.269 e. The molecule has 1 rings (SSSR count). The summed E-state index contributed by atoms with van der Waals surface area (Å²) in [5, 5.41) is 1.58. The lowest BCUT2D eigenvalue weighted by molar-refractivity contribution is -0.146. The lowest BCUT2D eigenvalue weighted by Crippen LogP contribution is -2.34. The Bertz CT molecular complexity index is 299. The number of hydrogen-bond acceptors (Lipinski definition) is 3. The molecule has 4 amide bonds. The first-order chi connectivity index (χ1) is 6.31. The SMILES string of the molecule is O=C1NC(=O)N(CCC(F)(F)F)C1=O. The van der Waals surface area contributed by atoms with Gasteiger partial charge in [0, 0.05) is 6.54 Å². The van der Waals surface area contributed by atoms with Crippen LogP contribution in [0, 0.1) is 0 Å². The molecular weight excluding hydrogens is 205 g/mol. The van der Waals surface area contributed by atoms with E-state index in [-0.39, 0.29) is 4.90 Å². The van der Waals surface area contributed by atoms with E-state index in [2.05, 4.69) is 0 Å². The predicted molar refractivity (Wildman–Crippen MR) is 35.9 cm³/mol. The number of carbonyl (C=O) groups excluding carboxylic acids is 3. The summed E-state index contributed by atoms with van der Waals surface area (Å²) in [5.74, 6) is -2.45. The Balaban J connectivity index is 2.57. The minimum atomic E-state index is -4.47. The number of nitrogens with one attached hydrogen (secondary N) is 1. The molecule has 0 aromatic carbocycles. The normalized spacial score (nSPS) is 17.6. The van der Waals surface area contributed by atoms with Gasteiger partial charge in [0.1, 0.15) is 0 Å². The Hall–Kier alpha value is -1.60. The molecule has 0 aromatic rings. The summed E-state index contributed by atoms with van der Waals surface area (Å²) in [6.07, 6.45) is -5.79. The van der Waals surface area contributed by atoms with Crippen molar-refractivity contribution in [1.29, 1.82) is 0 Å². The molecule has 1 N–H and O–H groups in total. The van der Waals surface area contributed by atoms with Gasteiger partial charge in [0.2, 0.25) is 0 Å². The molecule has 1 saturated heterocycles. The van der Waals surface area contributed by atoms with E-state index in [1.165, 1.54) is 0 Å². The molecule has 1 aliphatic rings. The van der Waals surface area contributed by atoms with Gasteiger partial charge in [-0.15, -0.1) is 0 Å². The Kier molecular flexibility index (Phi) is 2.45. The van der Waals surface area contributed by atoms with Crippen LogP contribution in [0.2, 0.25) is 0 Å². The molecule has 0 aromatic heterocycles. The lowest BCUT2D eigenvalue weighted by atomic mass is 10.4. The smallest absolute Gasteiger partial charge is 0.269 e. The molecule has 78 valence electrons. The first-order valence-corrected chi connectivity index (χ1v) is 3.55. The van der Waals surface area contributed by atoms with Crippen molar-refractivity contribution in [2.45, 2.75) is 12.6 Å². The summed E-state index contributed by atoms with van der Waals surface area (Å²) in [5.41, 5.74) is 0. The van der Waals surface area contributed by atoms with Gasteiger partial charge in [0.15, 0.2) is 0 Å². The van der Waals surface area contributed by atoms with Crippen LogP contribution in [-0.4, -0.2) is 35.5 Å². The fourth-order valence-corrected chi connectivity index (χ4v) is 0.875. The first-order valence-electron chi connectivity index (χ1n) is 3.55. The van der Waals surface area contributed by atoms with Crippen LogP contribution in [-0.2, 0) is 9.59 Å². The molecule has 0 bridgehead atoms. The number of amides is 4. The third kappa shape index (κ3) is 2.21. The number of hydrogen-bond donors (Lipinski definition) is 1. The first kappa shape index (κ1) is 10.5. The van der Waals surface area contributed by atoms with E-state index in [0.717, 1.165) is 0 Å². The molecule has 14 heavy (non-hydrogen) atoms. The third-order valence-electron chi connectivity index (χ3n) is 1.52. The van der Waals surface area contributed by atoms with Crippen LogP contribution in [0.15, 0.2) is 0 Å². The molecule has 0 aliphatic carbocycles. The van der Waals surface area contributed by atoms with E-state index in [4.69, 9.17) is 0 Å². The minimum absolute atomic E-state index is 0.232. The molecule has 0 unspecified atom stereocenters. The van der Waals surface area contributed by atoms with Gasteiger partial charge in [0.25, 0.3) is 0 Å². The van der Waals surface area contributed by atoms with E-state index >= 15 is 0 Å². The maximum atomic E-state index is 11.7. The van der Waals surface area contributed by atoms with Crippen LogP contribution in [0.3, 0.4) is 0 Å².